The average Bonchev–Trinajstić information content (AvgIpc) is 2.67. The van der Waals surface area contributed by atoms with Crippen LogP contribution in [0.2, 0.25) is 0 Å². The molecule has 0 unspecified atom stereocenters. The summed E-state index contributed by atoms with van der Waals surface area (Å²) >= 11 is 0. The van der Waals surface area contributed by atoms with Gasteiger partial charge in [0, 0.05) is 16.5 Å². The van der Waals surface area contributed by atoms with Crippen molar-refractivity contribution in [3.05, 3.63) is 84.4 Å². The van der Waals surface area contributed by atoms with Crippen LogP contribution in [0.3, 0.4) is 0 Å². The molecule has 0 fully saturated rings. The number of rotatable bonds is 1. The first-order valence-corrected chi connectivity index (χ1v) is 8.11. The molecule has 0 aliphatic carbocycles. The molecule has 0 amide bonds. The van der Waals surface area contributed by atoms with E-state index in [9.17, 15) is 0 Å². The Hall–Kier alpha value is -3.13. The van der Waals surface area contributed by atoms with Crippen LogP contribution in [-0.2, 0) is 6.61 Å². The van der Waals surface area contributed by atoms with Crippen LogP contribution in [0, 0.1) is 0 Å². The van der Waals surface area contributed by atoms with Gasteiger partial charge in [-0.05, 0) is 29.3 Å². The molecule has 2 nitrogen and oxygen atoms in total. The summed E-state index contributed by atoms with van der Waals surface area (Å²) < 4.78 is 6.02. The molecule has 1 aromatic heterocycles. The lowest BCUT2D eigenvalue weighted by Crippen LogP contribution is -2.09. The molecule has 2 heteroatoms. The molecule has 0 saturated heterocycles. The molecule has 2 heterocycles. The molecule has 0 bridgehead atoms. The summed E-state index contributed by atoms with van der Waals surface area (Å²) in [6, 6.07) is 27.0. The van der Waals surface area contributed by atoms with Crippen LogP contribution in [-0.4, -0.2) is 4.98 Å². The Labute approximate surface area is 140 Å². The zero-order valence-electron chi connectivity index (χ0n) is 13.1. The zero-order valence-corrected chi connectivity index (χ0v) is 13.1. The average molecular weight is 309 g/mol. The van der Waals surface area contributed by atoms with E-state index in [0.29, 0.717) is 6.61 Å². The van der Waals surface area contributed by atoms with Crippen molar-refractivity contribution in [1.82, 2.24) is 4.98 Å². The van der Waals surface area contributed by atoms with Gasteiger partial charge < -0.3 is 4.74 Å². The minimum atomic E-state index is 0.550. The molecule has 0 N–H and O–H groups in total. The van der Waals surface area contributed by atoms with Crippen molar-refractivity contribution in [1.29, 1.82) is 0 Å². The number of nitrogens with zero attached hydrogens (tertiary/aromatic N) is 1. The molecule has 0 spiro atoms. The van der Waals surface area contributed by atoms with Crippen molar-refractivity contribution in [2.24, 2.45) is 0 Å². The van der Waals surface area contributed by atoms with Crippen LogP contribution in [0.25, 0.3) is 33.3 Å². The second-order valence-corrected chi connectivity index (χ2v) is 5.98. The standard InChI is InChI=1S/C22H15NO/c1-2-8-15(9-3-1)21-16-10-4-6-12-19(16)23-22-17-11-5-7-13-20(17)24-14-18(21)22/h1-13H,14H2. The molecule has 0 atom stereocenters. The van der Waals surface area contributed by atoms with E-state index in [1.54, 1.807) is 0 Å². The van der Waals surface area contributed by atoms with E-state index in [-0.39, 0.29) is 0 Å². The maximum atomic E-state index is 6.02. The first-order chi connectivity index (χ1) is 11.9. The molecule has 5 rings (SSSR count). The van der Waals surface area contributed by atoms with E-state index >= 15 is 0 Å². The third-order valence-corrected chi connectivity index (χ3v) is 4.57. The van der Waals surface area contributed by atoms with E-state index < -0.39 is 0 Å². The van der Waals surface area contributed by atoms with E-state index in [1.807, 2.05) is 30.3 Å². The monoisotopic (exact) mass is 309 g/mol. The molecule has 0 radical (unpaired) electrons. The number of pyridine rings is 1. The van der Waals surface area contributed by atoms with Gasteiger partial charge in [0.05, 0.1) is 11.2 Å². The van der Waals surface area contributed by atoms with Gasteiger partial charge in [0.25, 0.3) is 0 Å². The van der Waals surface area contributed by atoms with E-state index in [1.165, 1.54) is 22.1 Å². The van der Waals surface area contributed by atoms with Crippen molar-refractivity contribution >= 4 is 10.9 Å². The molecule has 3 aromatic carbocycles. The van der Waals surface area contributed by atoms with Gasteiger partial charge in [-0.3, -0.25) is 0 Å². The van der Waals surface area contributed by atoms with Crippen molar-refractivity contribution in [3.63, 3.8) is 0 Å². The summed E-state index contributed by atoms with van der Waals surface area (Å²) in [7, 11) is 0. The predicted molar refractivity (Wildman–Crippen MR) is 96.9 cm³/mol. The third kappa shape index (κ3) is 1.93. The van der Waals surface area contributed by atoms with E-state index in [0.717, 1.165) is 22.5 Å². The molecule has 24 heavy (non-hydrogen) atoms. The highest BCUT2D eigenvalue weighted by Crippen LogP contribution is 2.42. The highest BCUT2D eigenvalue weighted by atomic mass is 16.5. The van der Waals surface area contributed by atoms with Gasteiger partial charge in [-0.25, -0.2) is 4.98 Å². The summed E-state index contributed by atoms with van der Waals surface area (Å²) in [5.74, 6) is 0.909. The van der Waals surface area contributed by atoms with Gasteiger partial charge in [0.2, 0.25) is 0 Å². The second-order valence-electron chi connectivity index (χ2n) is 5.98. The van der Waals surface area contributed by atoms with Crippen molar-refractivity contribution in [2.45, 2.75) is 6.61 Å². The lowest BCUT2D eigenvalue weighted by Gasteiger charge is -2.24. The maximum Gasteiger partial charge on any atom is 0.129 e. The van der Waals surface area contributed by atoms with Gasteiger partial charge in [-0.1, -0.05) is 60.7 Å². The minimum absolute atomic E-state index is 0.550. The Morgan fingerprint density at radius 3 is 2.42 bits per heavy atom. The van der Waals surface area contributed by atoms with Crippen molar-refractivity contribution in [3.8, 4) is 28.1 Å². The number of fused-ring (bicyclic) bond motifs is 4. The first kappa shape index (κ1) is 13.3. The first-order valence-electron chi connectivity index (χ1n) is 8.11. The summed E-state index contributed by atoms with van der Waals surface area (Å²) in [5.41, 5.74) is 6.72. The second kappa shape index (κ2) is 5.20. The minimum Gasteiger partial charge on any atom is -0.488 e. The van der Waals surface area contributed by atoms with Gasteiger partial charge in [0.15, 0.2) is 0 Å². The smallest absolute Gasteiger partial charge is 0.129 e. The molecular weight excluding hydrogens is 294 g/mol. The topological polar surface area (TPSA) is 22.1 Å². The highest BCUT2D eigenvalue weighted by Gasteiger charge is 2.23. The normalized spacial score (nSPS) is 12.3. The van der Waals surface area contributed by atoms with Crippen molar-refractivity contribution in [2.75, 3.05) is 0 Å². The lowest BCUT2D eigenvalue weighted by molar-refractivity contribution is 0.302. The summed E-state index contributed by atoms with van der Waals surface area (Å²) in [6.07, 6.45) is 0. The molecule has 114 valence electrons. The number of benzene rings is 3. The summed E-state index contributed by atoms with van der Waals surface area (Å²) in [5, 5.41) is 1.17. The zero-order chi connectivity index (χ0) is 15.9. The lowest BCUT2D eigenvalue weighted by atomic mass is 9.91. The van der Waals surface area contributed by atoms with Crippen molar-refractivity contribution < 1.29 is 4.74 Å². The quantitative estimate of drug-likeness (QED) is 0.465. The Kier molecular flexibility index (Phi) is 2.89. The number of aromatic nitrogens is 1. The van der Waals surface area contributed by atoms with E-state index in [2.05, 4.69) is 48.5 Å². The third-order valence-electron chi connectivity index (χ3n) is 4.57. The Balaban J connectivity index is 1.92. The van der Waals surface area contributed by atoms with Crippen LogP contribution in [0.15, 0.2) is 78.9 Å². The number of hydrogen-bond acceptors (Lipinski definition) is 2. The largest absolute Gasteiger partial charge is 0.488 e. The van der Waals surface area contributed by atoms with Gasteiger partial charge in [-0.15, -0.1) is 0 Å². The van der Waals surface area contributed by atoms with Crippen LogP contribution in [0.4, 0.5) is 0 Å². The van der Waals surface area contributed by atoms with Crippen LogP contribution < -0.4 is 4.74 Å². The van der Waals surface area contributed by atoms with Gasteiger partial charge >= 0.3 is 0 Å². The number of para-hydroxylation sites is 2. The molecule has 1 aliphatic heterocycles. The highest BCUT2D eigenvalue weighted by molar-refractivity contribution is 5.99. The van der Waals surface area contributed by atoms with Gasteiger partial charge in [-0.2, -0.15) is 0 Å². The molecule has 4 aromatic rings. The fourth-order valence-corrected chi connectivity index (χ4v) is 3.49. The van der Waals surface area contributed by atoms with Crippen LogP contribution >= 0.6 is 0 Å². The fraction of sp³-hybridized carbons (Fsp3) is 0.0455. The molecule has 0 saturated carbocycles. The number of ether oxygens (including phenoxy) is 1. The predicted octanol–water partition coefficient (Wildman–Crippen LogP) is 5.46. The van der Waals surface area contributed by atoms with Crippen LogP contribution in [0.1, 0.15) is 5.56 Å². The SMILES string of the molecule is c1ccc(-c2c3c(nc4ccccc24)-c2ccccc2OC3)cc1. The maximum absolute atomic E-state index is 6.02. The number of hydrogen-bond donors (Lipinski definition) is 0. The summed E-state index contributed by atoms with van der Waals surface area (Å²) in [4.78, 5) is 4.96. The van der Waals surface area contributed by atoms with Crippen LogP contribution in [0.5, 0.6) is 5.75 Å². The van der Waals surface area contributed by atoms with Gasteiger partial charge in [0.1, 0.15) is 12.4 Å². The molecule has 1 aliphatic rings. The Bertz CT molecular complexity index is 1050. The van der Waals surface area contributed by atoms with E-state index in [4.69, 9.17) is 9.72 Å². The Morgan fingerprint density at radius 1 is 0.750 bits per heavy atom. The molecular formula is C22H15NO. The summed E-state index contributed by atoms with van der Waals surface area (Å²) in [6.45, 7) is 0.550. The Morgan fingerprint density at radius 2 is 1.50 bits per heavy atom. The fourth-order valence-electron chi connectivity index (χ4n) is 3.49.